The molecule has 2 aliphatic heterocycles. The van der Waals surface area contributed by atoms with Gasteiger partial charge in [-0.15, -0.1) is 11.8 Å². The number of rotatable bonds is 2. The normalized spacial score (nSPS) is 24.5. The summed E-state index contributed by atoms with van der Waals surface area (Å²) in [6.45, 7) is 4.22. The Bertz CT molecular complexity index is 829. The molecule has 0 saturated carbocycles. The lowest BCUT2D eigenvalue weighted by Crippen LogP contribution is -2.54. The van der Waals surface area contributed by atoms with Crippen LogP contribution >= 0.6 is 11.8 Å². The number of fused-ring (bicyclic) bond motifs is 1. The number of likely N-dealkylation sites (tertiary alicyclic amines) is 1. The Morgan fingerprint density at radius 2 is 2.28 bits per heavy atom. The summed E-state index contributed by atoms with van der Waals surface area (Å²) in [6, 6.07) is 1.96. The number of H-pyrrole nitrogens is 1. The zero-order chi connectivity index (χ0) is 17.4. The lowest BCUT2D eigenvalue weighted by atomic mass is 9.92. The van der Waals surface area contributed by atoms with E-state index in [1.165, 1.54) is 0 Å². The van der Waals surface area contributed by atoms with Gasteiger partial charge in [0.05, 0.1) is 10.3 Å². The third-order valence-electron chi connectivity index (χ3n) is 4.69. The minimum absolute atomic E-state index is 0.0745. The number of carbonyl (C=O) groups excluding carboxylic acids is 1. The number of hydrogen-bond donors (Lipinski definition) is 2. The number of nitrogens with zero attached hydrogens (tertiary/aromatic N) is 4. The number of piperidine rings is 1. The molecule has 1 fully saturated rings. The highest BCUT2D eigenvalue weighted by atomic mass is 32.2. The smallest absolute Gasteiger partial charge is 0.261 e. The first-order valence-electron chi connectivity index (χ1n) is 8.51. The average Bonchev–Trinajstić information content (AvgIpc) is 3.09. The number of thioether (sulfide) groups is 1. The second kappa shape index (κ2) is 6.34. The van der Waals surface area contributed by atoms with Gasteiger partial charge in [-0.1, -0.05) is 0 Å². The van der Waals surface area contributed by atoms with Crippen LogP contribution in [0.2, 0.25) is 0 Å². The number of anilines is 1. The molecule has 0 bridgehead atoms. The number of carbonyl (C=O) groups is 1. The minimum Gasteiger partial charge on any atom is -0.346 e. The van der Waals surface area contributed by atoms with Crippen LogP contribution in [-0.2, 0) is 4.79 Å². The molecule has 7 nitrogen and oxygen atoms in total. The van der Waals surface area contributed by atoms with Gasteiger partial charge < -0.3 is 20.5 Å². The van der Waals surface area contributed by atoms with E-state index in [1.807, 2.05) is 35.2 Å². The Kier molecular flexibility index (Phi) is 4.16. The third kappa shape index (κ3) is 3.23. The van der Waals surface area contributed by atoms with Crippen LogP contribution in [0.4, 0.5) is 5.82 Å². The monoisotopic (exact) mass is 358 g/mol. The van der Waals surface area contributed by atoms with Gasteiger partial charge >= 0.3 is 0 Å². The molecule has 2 aromatic rings. The molecule has 0 aromatic carbocycles. The molecular formula is C17H22N6OS. The maximum absolute atomic E-state index is 12.9. The summed E-state index contributed by atoms with van der Waals surface area (Å²) in [7, 11) is 0. The fourth-order valence-electron chi connectivity index (χ4n) is 3.47. The maximum Gasteiger partial charge on any atom is 0.261 e. The fraction of sp³-hybridized carbons (Fsp3) is 0.471. The van der Waals surface area contributed by atoms with Gasteiger partial charge in [-0.05, 0) is 25.8 Å². The van der Waals surface area contributed by atoms with Gasteiger partial charge in [-0.2, -0.15) is 0 Å². The predicted molar refractivity (Wildman–Crippen MR) is 100 cm³/mol. The van der Waals surface area contributed by atoms with Crippen LogP contribution in [0, 0.1) is 0 Å². The van der Waals surface area contributed by atoms with Crippen LogP contribution < -0.4 is 10.6 Å². The highest BCUT2D eigenvalue weighted by Crippen LogP contribution is 2.31. The Morgan fingerprint density at radius 3 is 3.12 bits per heavy atom. The molecule has 2 aromatic heterocycles. The summed E-state index contributed by atoms with van der Waals surface area (Å²) in [5.74, 6) is 1.76. The minimum atomic E-state index is -0.294. The van der Waals surface area contributed by atoms with E-state index in [0.29, 0.717) is 6.54 Å². The Balaban J connectivity index is 1.60. The summed E-state index contributed by atoms with van der Waals surface area (Å²) in [5.41, 5.74) is 6.76. The molecule has 1 saturated heterocycles. The first-order chi connectivity index (χ1) is 12.0. The molecule has 1 amide bonds. The van der Waals surface area contributed by atoms with E-state index in [1.54, 1.807) is 18.1 Å². The Morgan fingerprint density at radius 1 is 1.40 bits per heavy atom. The summed E-state index contributed by atoms with van der Waals surface area (Å²) in [5, 5.41) is 0.963. The Hall–Kier alpha value is -2.06. The van der Waals surface area contributed by atoms with E-state index < -0.39 is 0 Å². The van der Waals surface area contributed by atoms with Crippen LogP contribution in [0.25, 0.3) is 11.0 Å². The van der Waals surface area contributed by atoms with E-state index in [2.05, 4.69) is 15.0 Å². The van der Waals surface area contributed by atoms with Crippen molar-refractivity contribution in [3.63, 3.8) is 0 Å². The molecule has 4 heterocycles. The van der Waals surface area contributed by atoms with E-state index in [-0.39, 0.29) is 11.4 Å². The SMILES string of the molecule is CC1(N)CCCN(C(=O)C2=CN(c3ncnc4[nH]ccc34)CCS2)C1. The standard InChI is InChI=1S/C17H22N6OS/c1-17(18)4-2-6-23(10-17)16(24)13-9-22(7-8-25-13)15-12-3-5-19-14(12)20-11-21-15/h3,5,9,11H,2,4,6-8,10,18H2,1H3,(H,19,20,21). The zero-order valence-corrected chi connectivity index (χ0v) is 15.1. The van der Waals surface area contributed by atoms with Gasteiger partial charge in [0.1, 0.15) is 17.8 Å². The first kappa shape index (κ1) is 16.4. The number of aromatic amines is 1. The lowest BCUT2D eigenvalue weighted by molar-refractivity contribution is -0.128. The van der Waals surface area contributed by atoms with Crippen molar-refractivity contribution >= 4 is 34.5 Å². The van der Waals surface area contributed by atoms with Crippen molar-refractivity contribution in [3.8, 4) is 0 Å². The number of amides is 1. The van der Waals surface area contributed by atoms with Crippen LogP contribution in [-0.4, -0.2) is 56.7 Å². The van der Waals surface area contributed by atoms with Gasteiger partial charge in [0.15, 0.2) is 0 Å². The van der Waals surface area contributed by atoms with E-state index in [0.717, 1.165) is 53.4 Å². The molecule has 3 N–H and O–H groups in total. The zero-order valence-electron chi connectivity index (χ0n) is 14.2. The van der Waals surface area contributed by atoms with Crippen molar-refractivity contribution in [3.05, 3.63) is 29.7 Å². The number of nitrogens with two attached hydrogens (primary N) is 1. The van der Waals surface area contributed by atoms with Gasteiger partial charge in [0.2, 0.25) is 0 Å². The number of hydrogen-bond acceptors (Lipinski definition) is 6. The van der Waals surface area contributed by atoms with E-state index >= 15 is 0 Å². The van der Waals surface area contributed by atoms with Crippen molar-refractivity contribution in [1.29, 1.82) is 0 Å². The molecule has 1 unspecified atom stereocenters. The molecule has 0 aliphatic carbocycles. The molecule has 8 heteroatoms. The van der Waals surface area contributed by atoms with Gasteiger partial charge in [-0.3, -0.25) is 4.79 Å². The summed E-state index contributed by atoms with van der Waals surface area (Å²) >= 11 is 1.61. The maximum atomic E-state index is 12.9. The Labute approximate surface area is 150 Å². The van der Waals surface area contributed by atoms with Crippen LogP contribution in [0.15, 0.2) is 29.7 Å². The molecule has 4 rings (SSSR count). The van der Waals surface area contributed by atoms with E-state index in [9.17, 15) is 4.79 Å². The van der Waals surface area contributed by atoms with Crippen molar-refractivity contribution in [2.45, 2.75) is 25.3 Å². The predicted octanol–water partition coefficient (Wildman–Crippen LogP) is 1.69. The van der Waals surface area contributed by atoms with Gasteiger partial charge in [0, 0.05) is 43.3 Å². The van der Waals surface area contributed by atoms with Crippen molar-refractivity contribution in [2.75, 3.05) is 30.3 Å². The van der Waals surface area contributed by atoms with Crippen molar-refractivity contribution in [1.82, 2.24) is 19.9 Å². The molecule has 0 spiro atoms. The molecule has 2 aliphatic rings. The number of nitrogens with one attached hydrogen (secondary N) is 1. The molecular weight excluding hydrogens is 336 g/mol. The largest absolute Gasteiger partial charge is 0.346 e. The van der Waals surface area contributed by atoms with Gasteiger partial charge in [-0.25, -0.2) is 9.97 Å². The first-order valence-corrected chi connectivity index (χ1v) is 9.50. The van der Waals surface area contributed by atoms with Crippen LogP contribution in [0.3, 0.4) is 0 Å². The molecule has 1 atom stereocenters. The lowest BCUT2D eigenvalue weighted by Gasteiger charge is -2.38. The summed E-state index contributed by atoms with van der Waals surface area (Å²) < 4.78 is 0. The number of aromatic nitrogens is 3. The topological polar surface area (TPSA) is 91.1 Å². The second-order valence-electron chi connectivity index (χ2n) is 6.96. The van der Waals surface area contributed by atoms with Gasteiger partial charge in [0.25, 0.3) is 5.91 Å². The van der Waals surface area contributed by atoms with Crippen molar-refractivity contribution < 1.29 is 4.79 Å². The average molecular weight is 358 g/mol. The fourth-order valence-corrected chi connectivity index (χ4v) is 4.43. The summed E-state index contributed by atoms with van der Waals surface area (Å²) in [6.07, 6.45) is 7.24. The van der Waals surface area contributed by atoms with Crippen molar-refractivity contribution in [2.24, 2.45) is 5.73 Å². The third-order valence-corrected chi connectivity index (χ3v) is 5.67. The highest BCUT2D eigenvalue weighted by Gasteiger charge is 2.32. The molecule has 0 radical (unpaired) electrons. The van der Waals surface area contributed by atoms with Crippen LogP contribution in [0.5, 0.6) is 0 Å². The highest BCUT2D eigenvalue weighted by molar-refractivity contribution is 8.04. The summed E-state index contributed by atoms with van der Waals surface area (Å²) in [4.78, 5) is 29.4. The molecule has 25 heavy (non-hydrogen) atoms. The second-order valence-corrected chi connectivity index (χ2v) is 8.09. The van der Waals surface area contributed by atoms with E-state index in [4.69, 9.17) is 5.73 Å². The van der Waals surface area contributed by atoms with Crippen LogP contribution in [0.1, 0.15) is 19.8 Å². The quantitative estimate of drug-likeness (QED) is 0.849. The molecule has 132 valence electrons.